The molecule has 1 atom stereocenters. The van der Waals surface area contributed by atoms with Gasteiger partial charge in [-0.1, -0.05) is 64.6 Å². The van der Waals surface area contributed by atoms with Crippen LogP contribution in [0.15, 0.2) is 59.9 Å². The molecule has 1 N–H and O–H groups in total. The van der Waals surface area contributed by atoms with Crippen molar-refractivity contribution in [2.45, 2.75) is 12.5 Å². The number of hydrogen-bond donors (Lipinski definition) is 1. The average molecular weight is 525 g/mol. The average Bonchev–Trinajstić information content (AvgIpc) is 2.78. The van der Waals surface area contributed by atoms with Crippen molar-refractivity contribution < 1.29 is 14.3 Å². The molecule has 2 aromatic carbocycles. The van der Waals surface area contributed by atoms with Crippen molar-refractivity contribution in [3.63, 3.8) is 0 Å². The maximum Gasteiger partial charge on any atom is 0.328 e. The Morgan fingerprint density at radius 3 is 2.18 bits per heavy atom. The predicted molar refractivity (Wildman–Crippen MR) is 131 cm³/mol. The first-order chi connectivity index (χ1) is 15.8. The third kappa shape index (κ3) is 6.45. The number of methoxy groups -OCH3 is 1. The van der Waals surface area contributed by atoms with Crippen molar-refractivity contribution in [1.29, 1.82) is 0 Å². The molecule has 0 fully saturated rings. The van der Waals surface area contributed by atoms with Crippen molar-refractivity contribution in [2.75, 3.05) is 7.11 Å². The first kappa shape index (κ1) is 25.0. The molecule has 0 spiro atoms. The number of benzene rings is 2. The second kappa shape index (κ2) is 11.5. The summed E-state index contributed by atoms with van der Waals surface area (Å²) >= 11 is 24.4. The Kier molecular flexibility index (Phi) is 8.69. The molecule has 0 bridgehead atoms. The molecule has 0 saturated carbocycles. The van der Waals surface area contributed by atoms with Crippen molar-refractivity contribution in [3.8, 4) is 0 Å². The molecule has 0 aliphatic rings. The van der Waals surface area contributed by atoms with Gasteiger partial charge in [-0.25, -0.2) is 4.79 Å². The Hall–Kier alpha value is -2.64. The van der Waals surface area contributed by atoms with E-state index in [1.54, 1.807) is 48.7 Å². The summed E-state index contributed by atoms with van der Waals surface area (Å²) < 4.78 is 4.83. The number of halogens is 4. The monoisotopic (exact) mass is 523 g/mol. The van der Waals surface area contributed by atoms with Gasteiger partial charge in [0.05, 0.1) is 38.5 Å². The zero-order valence-corrected chi connectivity index (χ0v) is 20.2. The summed E-state index contributed by atoms with van der Waals surface area (Å²) in [6, 6.07) is 11.4. The molecular formula is C23H17Cl4N3O3. The fraction of sp³-hybridized carbons (Fsp3) is 0.130. The maximum atomic E-state index is 12.7. The van der Waals surface area contributed by atoms with Crippen LogP contribution in [0.25, 0.3) is 0 Å². The molecule has 0 aliphatic heterocycles. The molecule has 33 heavy (non-hydrogen) atoms. The number of ether oxygens (including phenoxy) is 1. The van der Waals surface area contributed by atoms with E-state index in [0.717, 1.165) is 5.56 Å². The first-order valence-electron chi connectivity index (χ1n) is 9.55. The molecule has 1 heterocycles. The molecule has 170 valence electrons. The molecule has 0 saturated heterocycles. The van der Waals surface area contributed by atoms with E-state index < -0.39 is 17.9 Å². The number of amides is 1. The van der Waals surface area contributed by atoms with E-state index in [4.69, 9.17) is 51.1 Å². The van der Waals surface area contributed by atoms with Crippen molar-refractivity contribution in [1.82, 2.24) is 10.3 Å². The highest BCUT2D eigenvalue weighted by Gasteiger charge is 2.25. The van der Waals surface area contributed by atoms with Crippen molar-refractivity contribution in [3.05, 3.63) is 91.6 Å². The van der Waals surface area contributed by atoms with Gasteiger partial charge in [-0.2, -0.15) is 0 Å². The van der Waals surface area contributed by atoms with Gasteiger partial charge in [-0.15, -0.1) is 0 Å². The normalized spacial score (nSPS) is 11.9. The highest BCUT2D eigenvalue weighted by Crippen LogP contribution is 2.24. The first-order valence-corrected chi connectivity index (χ1v) is 11.1. The van der Waals surface area contributed by atoms with E-state index in [1.165, 1.54) is 19.5 Å². The Balaban J connectivity index is 1.74. The molecule has 3 rings (SSSR count). The van der Waals surface area contributed by atoms with Gasteiger partial charge >= 0.3 is 5.97 Å². The lowest BCUT2D eigenvalue weighted by Gasteiger charge is -2.17. The van der Waals surface area contributed by atoms with Crippen LogP contribution in [0.5, 0.6) is 0 Å². The lowest BCUT2D eigenvalue weighted by Crippen LogP contribution is -2.43. The molecule has 10 heteroatoms. The Morgan fingerprint density at radius 2 is 1.61 bits per heavy atom. The lowest BCUT2D eigenvalue weighted by molar-refractivity contribution is -0.142. The quantitative estimate of drug-likeness (QED) is 0.305. The number of carbonyl (C=O) groups is 2. The molecule has 0 unspecified atom stereocenters. The molecule has 1 aromatic heterocycles. The molecule has 0 radical (unpaired) electrons. The maximum absolute atomic E-state index is 12.7. The minimum absolute atomic E-state index is 0.0326. The van der Waals surface area contributed by atoms with E-state index in [1.807, 2.05) is 0 Å². The van der Waals surface area contributed by atoms with E-state index in [9.17, 15) is 9.59 Å². The van der Waals surface area contributed by atoms with Crippen LogP contribution in [0.4, 0.5) is 5.69 Å². The van der Waals surface area contributed by atoms with Crippen molar-refractivity contribution in [2.24, 2.45) is 4.99 Å². The molecular weight excluding hydrogens is 508 g/mol. The third-order valence-corrected chi connectivity index (χ3v) is 5.82. The second-order valence-corrected chi connectivity index (χ2v) is 8.42. The zero-order valence-electron chi connectivity index (χ0n) is 17.2. The van der Waals surface area contributed by atoms with Gasteiger partial charge in [0.25, 0.3) is 5.91 Å². The van der Waals surface area contributed by atoms with Gasteiger partial charge in [0.15, 0.2) is 0 Å². The van der Waals surface area contributed by atoms with Gasteiger partial charge in [0.1, 0.15) is 6.04 Å². The molecule has 3 aromatic rings. The van der Waals surface area contributed by atoms with E-state index in [-0.39, 0.29) is 22.0 Å². The standard InChI is InChI=1S/C23H17Cl4N3O3/c1-33-23(32)20(30-22(31)21-18(26)11-28-12-19(21)27)9-13-5-7-14(8-6-13)29-10-15-16(24)3-2-4-17(15)25/h2-8,10-12,20H,9H2,1H3,(H,30,31)/t20-/m0/s1. The zero-order chi connectivity index (χ0) is 24.0. The predicted octanol–water partition coefficient (Wildman–Crippen LogP) is 5.96. The topological polar surface area (TPSA) is 80.6 Å². The highest BCUT2D eigenvalue weighted by molar-refractivity contribution is 6.39. The number of nitrogens with one attached hydrogen (secondary N) is 1. The Morgan fingerprint density at radius 1 is 1.00 bits per heavy atom. The molecule has 6 nitrogen and oxygen atoms in total. The van der Waals surface area contributed by atoms with Gasteiger partial charge in [-0.3, -0.25) is 14.8 Å². The van der Waals surface area contributed by atoms with Gasteiger partial charge in [0.2, 0.25) is 0 Å². The van der Waals surface area contributed by atoms with Crippen molar-refractivity contribution >= 4 is 70.2 Å². The minimum Gasteiger partial charge on any atom is -0.467 e. The summed E-state index contributed by atoms with van der Waals surface area (Å²) in [5.41, 5.74) is 2.08. The van der Waals surface area contributed by atoms with Crippen LogP contribution in [-0.2, 0) is 16.0 Å². The van der Waals surface area contributed by atoms with Crippen LogP contribution in [0.3, 0.4) is 0 Å². The van der Waals surface area contributed by atoms with Crippen LogP contribution in [0.2, 0.25) is 20.1 Å². The smallest absolute Gasteiger partial charge is 0.328 e. The van der Waals surface area contributed by atoms with E-state index in [0.29, 0.717) is 21.3 Å². The summed E-state index contributed by atoms with van der Waals surface area (Å²) in [4.78, 5) is 33.2. The second-order valence-electron chi connectivity index (χ2n) is 6.79. The number of aliphatic imine (C=N–C) groups is 1. The number of esters is 1. The number of nitrogens with zero attached hydrogens (tertiary/aromatic N) is 2. The number of pyridine rings is 1. The van der Waals surface area contributed by atoms with Crippen LogP contribution in [0.1, 0.15) is 21.5 Å². The fourth-order valence-electron chi connectivity index (χ4n) is 2.92. The van der Waals surface area contributed by atoms with Crippen LogP contribution in [0, 0.1) is 0 Å². The summed E-state index contributed by atoms with van der Waals surface area (Å²) in [6.45, 7) is 0. The summed E-state index contributed by atoms with van der Waals surface area (Å²) in [5, 5.41) is 3.75. The van der Waals surface area contributed by atoms with Crippen LogP contribution < -0.4 is 5.32 Å². The highest BCUT2D eigenvalue weighted by atomic mass is 35.5. The molecule has 0 aliphatic carbocycles. The number of aromatic nitrogens is 1. The van der Waals surface area contributed by atoms with Crippen LogP contribution >= 0.6 is 46.4 Å². The summed E-state index contributed by atoms with van der Waals surface area (Å²) in [7, 11) is 1.24. The number of rotatable bonds is 7. The largest absolute Gasteiger partial charge is 0.467 e. The SMILES string of the molecule is COC(=O)[C@H](Cc1ccc(N=Cc2c(Cl)cccc2Cl)cc1)NC(=O)c1c(Cl)cncc1Cl. The summed E-state index contributed by atoms with van der Waals surface area (Å²) in [5.74, 6) is -1.22. The number of hydrogen-bond acceptors (Lipinski definition) is 5. The van der Waals surface area contributed by atoms with E-state index in [2.05, 4.69) is 15.3 Å². The molecule has 1 amide bonds. The van der Waals surface area contributed by atoms with E-state index >= 15 is 0 Å². The van der Waals surface area contributed by atoms with Gasteiger partial charge in [0, 0.05) is 30.6 Å². The number of carbonyl (C=O) groups excluding carboxylic acids is 2. The lowest BCUT2D eigenvalue weighted by atomic mass is 10.0. The van der Waals surface area contributed by atoms with Crippen LogP contribution in [-0.4, -0.2) is 36.2 Å². The minimum atomic E-state index is -0.959. The summed E-state index contributed by atoms with van der Waals surface area (Å²) in [6.07, 6.45) is 4.35. The van der Waals surface area contributed by atoms with Gasteiger partial charge in [-0.05, 0) is 29.8 Å². The Labute approximate surface area is 210 Å². The van der Waals surface area contributed by atoms with Gasteiger partial charge < -0.3 is 10.1 Å². The fourth-order valence-corrected chi connectivity index (χ4v) is 3.95. The third-order valence-electron chi connectivity index (χ3n) is 4.59. The Bertz CT molecular complexity index is 1160.